The van der Waals surface area contributed by atoms with Gasteiger partial charge in [0.2, 0.25) is 11.8 Å². The van der Waals surface area contributed by atoms with E-state index in [0.29, 0.717) is 30.8 Å². The van der Waals surface area contributed by atoms with E-state index < -0.39 is 5.41 Å². The number of hydrogen-bond acceptors (Lipinski definition) is 4. The van der Waals surface area contributed by atoms with Gasteiger partial charge in [0.1, 0.15) is 0 Å². The lowest BCUT2D eigenvalue weighted by atomic mass is 9.89. The number of amides is 2. The highest BCUT2D eigenvalue weighted by Crippen LogP contribution is 2.29. The highest BCUT2D eigenvalue weighted by atomic mass is 16.2. The predicted octanol–water partition coefficient (Wildman–Crippen LogP) is 0.694. The summed E-state index contributed by atoms with van der Waals surface area (Å²) in [5.41, 5.74) is 5.92. The topological polar surface area (TPSA) is 99.2 Å². The van der Waals surface area contributed by atoms with Crippen LogP contribution in [-0.2, 0) is 9.59 Å². The van der Waals surface area contributed by atoms with Crippen molar-refractivity contribution < 1.29 is 9.59 Å². The second-order valence-electron chi connectivity index (χ2n) is 5.63. The van der Waals surface area contributed by atoms with Crippen molar-refractivity contribution >= 4 is 17.5 Å². The first-order valence-electron chi connectivity index (χ1n) is 6.75. The van der Waals surface area contributed by atoms with E-state index in [2.05, 4.69) is 5.32 Å². The number of hydrogen-bond donors (Lipinski definition) is 2. The maximum Gasteiger partial charge on any atom is 0.238 e. The molecule has 6 heteroatoms. The third-order valence-corrected chi connectivity index (χ3v) is 3.79. The number of nitriles is 1. The Kier molecular flexibility index (Phi) is 4.24. The molecule has 1 aliphatic heterocycles. The van der Waals surface area contributed by atoms with Crippen molar-refractivity contribution in [2.45, 2.75) is 13.3 Å². The Morgan fingerprint density at radius 1 is 1.52 bits per heavy atom. The molecule has 0 saturated carbocycles. The first-order chi connectivity index (χ1) is 9.93. The maximum atomic E-state index is 12.0. The maximum absolute atomic E-state index is 12.0. The monoisotopic (exact) mass is 286 g/mol. The molecule has 6 nitrogen and oxygen atoms in total. The number of primary amides is 1. The zero-order valence-corrected chi connectivity index (χ0v) is 11.9. The zero-order valence-electron chi connectivity index (χ0n) is 11.9. The Balaban J connectivity index is 1.91. The van der Waals surface area contributed by atoms with Gasteiger partial charge in [-0.3, -0.25) is 14.5 Å². The fraction of sp³-hybridized carbons (Fsp3) is 0.400. The van der Waals surface area contributed by atoms with Gasteiger partial charge in [0.25, 0.3) is 0 Å². The lowest BCUT2D eigenvalue weighted by molar-refractivity contribution is -0.126. The first kappa shape index (κ1) is 15.0. The molecule has 1 saturated heterocycles. The van der Waals surface area contributed by atoms with E-state index in [1.54, 1.807) is 24.3 Å². The number of nitrogens with zero attached hydrogens (tertiary/aromatic N) is 2. The summed E-state index contributed by atoms with van der Waals surface area (Å²) in [5.74, 6) is -0.495. The van der Waals surface area contributed by atoms with E-state index in [1.165, 1.54) is 0 Å². The summed E-state index contributed by atoms with van der Waals surface area (Å²) in [6.07, 6.45) is 0.666. The van der Waals surface area contributed by atoms with Gasteiger partial charge in [-0.15, -0.1) is 0 Å². The molecule has 3 N–H and O–H groups in total. The molecule has 1 unspecified atom stereocenters. The SMILES string of the molecule is CC1(C(N)=O)CCN(CC(=O)Nc2cccc(C#N)c2)C1. The normalized spacial score (nSPS) is 21.7. The average Bonchev–Trinajstić information content (AvgIpc) is 2.81. The molecule has 0 radical (unpaired) electrons. The van der Waals surface area contributed by atoms with Gasteiger partial charge < -0.3 is 11.1 Å². The summed E-state index contributed by atoms with van der Waals surface area (Å²) in [4.78, 5) is 25.3. The third-order valence-electron chi connectivity index (χ3n) is 3.79. The number of nitrogens with one attached hydrogen (secondary N) is 1. The van der Waals surface area contributed by atoms with Crippen LogP contribution in [0.3, 0.4) is 0 Å². The van der Waals surface area contributed by atoms with E-state index >= 15 is 0 Å². The van der Waals surface area contributed by atoms with Gasteiger partial charge in [-0.25, -0.2) is 0 Å². The largest absolute Gasteiger partial charge is 0.369 e. The molecule has 0 spiro atoms. The molecular weight excluding hydrogens is 268 g/mol. The van der Waals surface area contributed by atoms with Crippen molar-refractivity contribution in [2.24, 2.45) is 11.1 Å². The predicted molar refractivity (Wildman–Crippen MR) is 78.1 cm³/mol. The van der Waals surface area contributed by atoms with Gasteiger partial charge in [0.05, 0.1) is 23.6 Å². The quantitative estimate of drug-likeness (QED) is 0.850. The van der Waals surface area contributed by atoms with Crippen LogP contribution in [0.2, 0.25) is 0 Å². The van der Waals surface area contributed by atoms with Crippen molar-refractivity contribution in [3.8, 4) is 6.07 Å². The summed E-state index contributed by atoms with van der Waals surface area (Å²) < 4.78 is 0. The number of nitrogens with two attached hydrogens (primary N) is 1. The lowest BCUT2D eigenvalue weighted by Crippen LogP contribution is -2.39. The standard InChI is InChI=1S/C15H18N4O2/c1-15(14(17)21)5-6-19(10-15)9-13(20)18-12-4-2-3-11(7-12)8-16/h2-4,7H,5-6,9-10H2,1H3,(H2,17,21)(H,18,20). The smallest absolute Gasteiger partial charge is 0.238 e. The fourth-order valence-electron chi connectivity index (χ4n) is 2.46. The molecule has 0 bridgehead atoms. The van der Waals surface area contributed by atoms with Gasteiger partial charge in [-0.2, -0.15) is 5.26 Å². The summed E-state index contributed by atoms with van der Waals surface area (Å²) in [6.45, 7) is 3.20. The van der Waals surface area contributed by atoms with Gasteiger partial charge in [-0.1, -0.05) is 6.07 Å². The first-order valence-corrected chi connectivity index (χ1v) is 6.75. The number of carbonyl (C=O) groups is 2. The van der Waals surface area contributed by atoms with E-state index in [0.717, 1.165) is 0 Å². The second kappa shape index (κ2) is 5.94. The molecule has 1 aromatic carbocycles. The van der Waals surface area contributed by atoms with Crippen LogP contribution in [0.5, 0.6) is 0 Å². The Labute approximate surface area is 123 Å². The molecule has 2 rings (SSSR count). The van der Waals surface area contributed by atoms with Crippen LogP contribution in [0, 0.1) is 16.7 Å². The van der Waals surface area contributed by atoms with Crippen molar-refractivity contribution in [3.05, 3.63) is 29.8 Å². The second-order valence-corrected chi connectivity index (χ2v) is 5.63. The van der Waals surface area contributed by atoms with Crippen LogP contribution < -0.4 is 11.1 Å². The van der Waals surface area contributed by atoms with Gasteiger partial charge in [0, 0.05) is 12.2 Å². The minimum Gasteiger partial charge on any atom is -0.369 e. The molecule has 1 fully saturated rings. The Hall–Kier alpha value is -2.39. The summed E-state index contributed by atoms with van der Waals surface area (Å²) in [5, 5.41) is 11.6. The van der Waals surface area contributed by atoms with Crippen LogP contribution in [0.4, 0.5) is 5.69 Å². The highest BCUT2D eigenvalue weighted by Gasteiger charge is 2.39. The van der Waals surface area contributed by atoms with Crippen molar-refractivity contribution in [2.75, 3.05) is 25.0 Å². The number of anilines is 1. The van der Waals surface area contributed by atoms with Crippen molar-refractivity contribution in [3.63, 3.8) is 0 Å². The van der Waals surface area contributed by atoms with Crippen LogP contribution in [0.1, 0.15) is 18.9 Å². The van der Waals surface area contributed by atoms with E-state index in [4.69, 9.17) is 11.0 Å². The van der Waals surface area contributed by atoms with E-state index in [-0.39, 0.29) is 18.4 Å². The Morgan fingerprint density at radius 2 is 2.29 bits per heavy atom. The molecule has 21 heavy (non-hydrogen) atoms. The van der Waals surface area contributed by atoms with Gasteiger partial charge in [0.15, 0.2) is 0 Å². The molecule has 0 aromatic heterocycles. The Morgan fingerprint density at radius 3 is 2.90 bits per heavy atom. The average molecular weight is 286 g/mol. The molecular formula is C15H18N4O2. The number of benzene rings is 1. The van der Waals surface area contributed by atoms with Gasteiger partial charge >= 0.3 is 0 Å². The van der Waals surface area contributed by atoms with Crippen LogP contribution in [-0.4, -0.2) is 36.3 Å². The number of likely N-dealkylation sites (tertiary alicyclic amines) is 1. The van der Waals surface area contributed by atoms with Crippen molar-refractivity contribution in [1.29, 1.82) is 5.26 Å². The zero-order chi connectivity index (χ0) is 15.5. The fourth-order valence-corrected chi connectivity index (χ4v) is 2.46. The summed E-state index contributed by atoms with van der Waals surface area (Å²) in [7, 11) is 0. The number of carbonyl (C=O) groups excluding carboxylic acids is 2. The third kappa shape index (κ3) is 3.58. The molecule has 0 aliphatic carbocycles. The summed E-state index contributed by atoms with van der Waals surface area (Å²) in [6, 6.07) is 8.77. The van der Waals surface area contributed by atoms with Crippen LogP contribution in [0.25, 0.3) is 0 Å². The van der Waals surface area contributed by atoms with E-state index in [1.807, 2.05) is 17.9 Å². The van der Waals surface area contributed by atoms with Crippen molar-refractivity contribution in [1.82, 2.24) is 4.90 Å². The summed E-state index contributed by atoms with van der Waals surface area (Å²) >= 11 is 0. The minimum atomic E-state index is -0.555. The lowest BCUT2D eigenvalue weighted by Gasteiger charge is -2.20. The molecule has 1 aliphatic rings. The van der Waals surface area contributed by atoms with Crippen LogP contribution in [0.15, 0.2) is 24.3 Å². The molecule has 1 aromatic rings. The molecule has 2 amide bonds. The van der Waals surface area contributed by atoms with Crippen LogP contribution >= 0.6 is 0 Å². The van der Waals surface area contributed by atoms with Gasteiger partial charge in [-0.05, 0) is 38.1 Å². The minimum absolute atomic E-state index is 0.168. The molecule has 110 valence electrons. The highest BCUT2D eigenvalue weighted by molar-refractivity contribution is 5.92. The van der Waals surface area contributed by atoms with E-state index in [9.17, 15) is 9.59 Å². The Bertz CT molecular complexity index is 608. The number of rotatable bonds is 4. The molecule has 1 atom stereocenters. The molecule has 1 heterocycles.